The van der Waals surface area contributed by atoms with Crippen molar-refractivity contribution in [1.29, 1.82) is 0 Å². The fourth-order valence-corrected chi connectivity index (χ4v) is 0.439. The Bertz CT molecular complexity index is 285. The van der Waals surface area contributed by atoms with E-state index in [4.69, 9.17) is 0 Å². The van der Waals surface area contributed by atoms with E-state index < -0.39 is 17.2 Å². The van der Waals surface area contributed by atoms with E-state index in [0.717, 1.165) is 0 Å². The predicted molar refractivity (Wildman–Crippen MR) is 27.6 cm³/mol. The normalized spacial score (nSPS) is 9.44. The van der Waals surface area contributed by atoms with Crippen LogP contribution in [0.4, 0.5) is 4.39 Å². The molecule has 0 aliphatic heterocycles. The molecule has 0 atom stereocenters. The van der Waals surface area contributed by atoms with Crippen molar-refractivity contribution in [2.45, 2.75) is 0 Å². The Morgan fingerprint density at radius 1 is 1.33 bits per heavy atom. The standard InChI is InChI=1S/C4H3FN2O2/c5-2-1-3(8)7-4(9)6-2/h1H,(H2,6,7,8,9)/i1+1,2+1,3+1,4+1,6+1,7+1. The molecule has 0 bridgehead atoms. The second-order valence-electron chi connectivity index (χ2n) is 1.44. The molecule has 9 heavy (non-hydrogen) atoms. The van der Waals surface area contributed by atoms with Crippen LogP contribution in [0.25, 0.3) is 0 Å². The highest BCUT2D eigenvalue weighted by Gasteiger charge is 1.90. The summed E-state index contributed by atoms with van der Waals surface area (Å²) in [7, 11) is 0. The summed E-state index contributed by atoms with van der Waals surface area (Å²) in [6.45, 7) is 0. The van der Waals surface area contributed by atoms with Crippen LogP contribution in [0.5, 0.6) is 0 Å². The molecule has 1 aromatic heterocycles. The molecule has 0 fully saturated rings. The van der Waals surface area contributed by atoms with Gasteiger partial charge in [-0.05, 0) is 0 Å². The van der Waals surface area contributed by atoms with E-state index >= 15 is 0 Å². The average Bonchev–Trinajstić information content (AvgIpc) is 1.59. The highest BCUT2D eigenvalue weighted by molar-refractivity contribution is 4.81. The molecule has 0 spiro atoms. The molecular formula is C4H3FN2O2. The molecule has 4 nitrogen and oxygen atoms in total. The second-order valence-corrected chi connectivity index (χ2v) is 1.44. The Kier molecular flexibility index (Phi) is 1.18. The maximum Gasteiger partial charge on any atom is 0.327 e. The minimum Gasteiger partial charge on any atom is -0.284 e. The van der Waals surface area contributed by atoms with Gasteiger partial charge in [-0.2, -0.15) is 4.39 Å². The first-order valence-electron chi connectivity index (χ1n) is 2.17. The maximum absolute atomic E-state index is 12.0. The smallest absolute Gasteiger partial charge is 0.284 e. The van der Waals surface area contributed by atoms with E-state index in [1.165, 1.54) is 0 Å². The van der Waals surface area contributed by atoms with E-state index in [1.54, 1.807) is 9.97 Å². The van der Waals surface area contributed by atoms with Gasteiger partial charge in [0.1, 0.15) is 0 Å². The van der Waals surface area contributed by atoms with Crippen LogP contribution in [-0.2, 0) is 0 Å². The van der Waals surface area contributed by atoms with Gasteiger partial charge >= 0.3 is 5.69 Å². The minimum absolute atomic E-state index is 0.654. The Morgan fingerprint density at radius 3 is 2.44 bits per heavy atom. The summed E-state index contributed by atoms with van der Waals surface area (Å²) < 4.78 is 12.0. The predicted octanol–water partition coefficient (Wildman–Crippen LogP) is -0.798. The summed E-state index contributed by atoms with van der Waals surface area (Å²) >= 11 is 0. The molecular weight excluding hydrogens is 133 g/mol. The summed E-state index contributed by atoms with van der Waals surface area (Å²) in [5.74, 6) is -0.927. The van der Waals surface area contributed by atoms with Gasteiger partial charge < -0.3 is 0 Å². The lowest BCUT2D eigenvalue weighted by molar-refractivity contribution is 0.570. The maximum atomic E-state index is 12.0. The third-order valence-corrected chi connectivity index (χ3v) is 0.727. The SMILES string of the molecule is O=[13c]1[13cH][13c](F)[15nH][13c](=O)[15nH]1. The van der Waals surface area contributed by atoms with Gasteiger partial charge in [0, 0.05) is 0 Å². The average molecular weight is 136 g/mol. The lowest BCUT2D eigenvalue weighted by atomic mass is 11.6. The number of hydrogen-bond acceptors (Lipinski definition) is 2. The van der Waals surface area contributed by atoms with Crippen LogP contribution in [0.1, 0.15) is 0 Å². The molecule has 1 aromatic rings. The zero-order valence-corrected chi connectivity index (χ0v) is 4.27. The molecule has 0 aromatic carbocycles. The Labute approximate surface area is 48.4 Å². The van der Waals surface area contributed by atoms with E-state index in [0.29, 0.717) is 6.07 Å². The number of nitrogens with one attached hydrogen (secondary N) is 2. The number of H-pyrrole nitrogens is 2. The number of hydrogen-bond donors (Lipinski definition) is 2. The molecule has 0 saturated carbocycles. The molecule has 5 heteroatoms. The first-order valence-corrected chi connectivity index (χ1v) is 2.17. The van der Waals surface area contributed by atoms with Crippen LogP contribution in [0, 0.1) is 5.95 Å². The zero-order valence-electron chi connectivity index (χ0n) is 4.27. The van der Waals surface area contributed by atoms with Crippen molar-refractivity contribution >= 4 is 0 Å². The van der Waals surface area contributed by atoms with Crippen molar-refractivity contribution in [2.75, 3.05) is 0 Å². The van der Waals surface area contributed by atoms with Crippen molar-refractivity contribution in [3.8, 4) is 0 Å². The van der Waals surface area contributed by atoms with Gasteiger partial charge in [-0.3, -0.25) is 14.8 Å². The van der Waals surface area contributed by atoms with Crippen LogP contribution >= 0.6 is 0 Å². The van der Waals surface area contributed by atoms with Crippen molar-refractivity contribution in [3.05, 3.63) is 32.9 Å². The van der Waals surface area contributed by atoms with E-state index in [9.17, 15) is 14.0 Å². The van der Waals surface area contributed by atoms with E-state index in [1.807, 2.05) is 0 Å². The summed E-state index contributed by atoms with van der Waals surface area (Å²) in [5, 5.41) is 0. The van der Waals surface area contributed by atoms with E-state index in [-0.39, 0.29) is 0 Å². The third kappa shape index (κ3) is 1.25. The van der Waals surface area contributed by atoms with Crippen LogP contribution in [0.2, 0.25) is 0 Å². The fourth-order valence-electron chi connectivity index (χ4n) is 0.439. The number of aromatic amines is 2. The van der Waals surface area contributed by atoms with Crippen LogP contribution in [-0.4, -0.2) is 9.97 Å². The third-order valence-electron chi connectivity index (χ3n) is 0.727. The fraction of sp³-hybridized carbons (Fsp3) is 0. The van der Waals surface area contributed by atoms with Crippen LogP contribution in [0.3, 0.4) is 0 Å². The molecule has 0 amide bonds. The second kappa shape index (κ2) is 1.85. The molecule has 0 radical (unpaired) electrons. The number of aromatic nitrogens is 2. The molecule has 0 aliphatic rings. The van der Waals surface area contributed by atoms with Gasteiger partial charge in [0.05, 0.1) is 6.07 Å². The topological polar surface area (TPSA) is 65.7 Å². The van der Waals surface area contributed by atoms with Crippen molar-refractivity contribution in [2.24, 2.45) is 0 Å². The van der Waals surface area contributed by atoms with Crippen molar-refractivity contribution in [1.82, 2.24) is 9.97 Å². The van der Waals surface area contributed by atoms with Gasteiger partial charge in [0.2, 0.25) is 5.95 Å². The number of rotatable bonds is 0. The van der Waals surface area contributed by atoms with E-state index in [2.05, 4.69) is 0 Å². The minimum atomic E-state index is -0.927. The Balaban J connectivity index is 3.52. The van der Waals surface area contributed by atoms with Crippen LogP contribution < -0.4 is 11.2 Å². The number of halogens is 1. The molecule has 0 unspecified atom stereocenters. The molecule has 1 rings (SSSR count). The van der Waals surface area contributed by atoms with Gasteiger partial charge in [-0.15, -0.1) is 0 Å². The summed E-state index contributed by atoms with van der Waals surface area (Å²) in [6.07, 6.45) is 0. The zero-order chi connectivity index (χ0) is 6.85. The van der Waals surface area contributed by atoms with Gasteiger partial charge in [-0.25, -0.2) is 4.79 Å². The van der Waals surface area contributed by atoms with Crippen molar-refractivity contribution < 1.29 is 4.39 Å². The quantitative estimate of drug-likeness (QED) is 0.458. The monoisotopic (exact) mass is 136 g/mol. The van der Waals surface area contributed by atoms with Crippen LogP contribution in [0.15, 0.2) is 15.7 Å². The summed E-state index contributed by atoms with van der Waals surface area (Å²) in [4.78, 5) is 23.9. The van der Waals surface area contributed by atoms with Crippen molar-refractivity contribution in [3.63, 3.8) is 0 Å². The molecule has 1 heterocycles. The molecule has 0 saturated heterocycles. The lowest BCUT2D eigenvalue weighted by Crippen LogP contribution is -2.22. The highest BCUT2D eigenvalue weighted by atomic mass is 19.2. The molecule has 2 N–H and O–H groups in total. The molecule has 48 valence electrons. The van der Waals surface area contributed by atoms with Gasteiger partial charge in [0.15, 0.2) is 0 Å². The highest BCUT2D eigenvalue weighted by Crippen LogP contribution is 1.74. The van der Waals surface area contributed by atoms with Gasteiger partial charge in [-0.1, -0.05) is 0 Å². The first-order chi connectivity index (χ1) is 4.18. The largest absolute Gasteiger partial charge is 0.327 e. The summed E-state index contributed by atoms with van der Waals surface area (Å²) in [6, 6.07) is 0.654. The first kappa shape index (κ1) is 5.74. The summed E-state index contributed by atoms with van der Waals surface area (Å²) in [5.41, 5.74) is -1.57. The lowest BCUT2D eigenvalue weighted by Gasteiger charge is -1.81. The molecule has 0 aliphatic carbocycles. The van der Waals surface area contributed by atoms with Gasteiger partial charge in [0.25, 0.3) is 5.56 Å². The Morgan fingerprint density at radius 2 is 2.00 bits per heavy atom. The Hall–Kier alpha value is -1.39.